The molecule has 0 spiro atoms. The SMILES string of the molecule is Cc1ccc(Cl)cc1OCCCC(C)C. The molecule has 0 aliphatic carbocycles. The van der Waals surface area contributed by atoms with Gasteiger partial charge in [-0.3, -0.25) is 0 Å². The van der Waals surface area contributed by atoms with Crippen LogP contribution in [0.2, 0.25) is 5.02 Å². The molecule has 0 aliphatic rings. The molecule has 0 heterocycles. The van der Waals surface area contributed by atoms with Crippen LogP contribution >= 0.6 is 11.6 Å². The third-order valence-electron chi connectivity index (χ3n) is 2.33. The van der Waals surface area contributed by atoms with Gasteiger partial charge in [0.2, 0.25) is 0 Å². The molecule has 0 saturated carbocycles. The predicted octanol–water partition coefficient (Wildman–Crippen LogP) is 4.46. The number of ether oxygens (including phenoxy) is 1. The molecule has 1 aromatic carbocycles. The number of aryl methyl sites for hydroxylation is 1. The van der Waals surface area contributed by atoms with E-state index in [1.165, 1.54) is 6.42 Å². The van der Waals surface area contributed by atoms with Gasteiger partial charge in [0.1, 0.15) is 5.75 Å². The number of halogens is 1. The van der Waals surface area contributed by atoms with Crippen molar-refractivity contribution in [1.82, 2.24) is 0 Å². The Morgan fingerprint density at radius 1 is 1.33 bits per heavy atom. The minimum absolute atomic E-state index is 0.736. The molecule has 84 valence electrons. The highest BCUT2D eigenvalue weighted by molar-refractivity contribution is 6.30. The van der Waals surface area contributed by atoms with Crippen LogP contribution in [-0.2, 0) is 0 Å². The lowest BCUT2D eigenvalue weighted by Gasteiger charge is -2.10. The lowest BCUT2D eigenvalue weighted by Crippen LogP contribution is -2.00. The smallest absolute Gasteiger partial charge is 0.123 e. The highest BCUT2D eigenvalue weighted by Gasteiger charge is 2.00. The maximum atomic E-state index is 5.90. The number of hydrogen-bond acceptors (Lipinski definition) is 1. The van der Waals surface area contributed by atoms with Crippen molar-refractivity contribution in [1.29, 1.82) is 0 Å². The van der Waals surface area contributed by atoms with E-state index in [0.717, 1.165) is 35.3 Å². The second kappa shape index (κ2) is 6.02. The van der Waals surface area contributed by atoms with Gasteiger partial charge in [0.25, 0.3) is 0 Å². The van der Waals surface area contributed by atoms with Crippen LogP contribution in [0.3, 0.4) is 0 Å². The van der Waals surface area contributed by atoms with Crippen LogP contribution in [0.4, 0.5) is 0 Å². The molecule has 0 N–H and O–H groups in total. The van der Waals surface area contributed by atoms with E-state index < -0.39 is 0 Å². The van der Waals surface area contributed by atoms with Gasteiger partial charge in [-0.2, -0.15) is 0 Å². The average molecular weight is 227 g/mol. The molecule has 0 amide bonds. The summed E-state index contributed by atoms with van der Waals surface area (Å²) in [5.41, 5.74) is 1.14. The number of hydrogen-bond donors (Lipinski definition) is 0. The van der Waals surface area contributed by atoms with Crippen molar-refractivity contribution >= 4 is 11.6 Å². The van der Waals surface area contributed by atoms with E-state index in [1.54, 1.807) is 0 Å². The van der Waals surface area contributed by atoms with Crippen molar-refractivity contribution in [3.05, 3.63) is 28.8 Å². The van der Waals surface area contributed by atoms with Crippen molar-refractivity contribution in [2.45, 2.75) is 33.6 Å². The Morgan fingerprint density at radius 3 is 2.73 bits per heavy atom. The third kappa shape index (κ3) is 4.57. The van der Waals surface area contributed by atoms with Crippen molar-refractivity contribution < 1.29 is 4.74 Å². The van der Waals surface area contributed by atoms with E-state index in [4.69, 9.17) is 16.3 Å². The molecule has 0 atom stereocenters. The van der Waals surface area contributed by atoms with Gasteiger partial charge >= 0.3 is 0 Å². The summed E-state index contributed by atoms with van der Waals surface area (Å²) in [5.74, 6) is 1.65. The first-order valence-corrected chi connectivity index (χ1v) is 5.86. The molecule has 2 heteroatoms. The Balaban J connectivity index is 2.40. The molecular formula is C13H19ClO. The lowest BCUT2D eigenvalue weighted by atomic mass is 10.1. The van der Waals surface area contributed by atoms with Crippen LogP contribution in [0.5, 0.6) is 5.75 Å². The fraction of sp³-hybridized carbons (Fsp3) is 0.538. The van der Waals surface area contributed by atoms with E-state index >= 15 is 0 Å². The Labute approximate surface area is 97.4 Å². The monoisotopic (exact) mass is 226 g/mol. The highest BCUT2D eigenvalue weighted by atomic mass is 35.5. The maximum Gasteiger partial charge on any atom is 0.123 e. The first kappa shape index (κ1) is 12.4. The highest BCUT2D eigenvalue weighted by Crippen LogP contribution is 2.22. The third-order valence-corrected chi connectivity index (χ3v) is 2.57. The molecule has 15 heavy (non-hydrogen) atoms. The van der Waals surface area contributed by atoms with E-state index in [2.05, 4.69) is 13.8 Å². The van der Waals surface area contributed by atoms with Crippen molar-refractivity contribution in [2.24, 2.45) is 5.92 Å². The van der Waals surface area contributed by atoms with Gasteiger partial charge < -0.3 is 4.74 Å². The van der Waals surface area contributed by atoms with E-state index in [-0.39, 0.29) is 0 Å². The summed E-state index contributed by atoms with van der Waals surface area (Å²) in [6.07, 6.45) is 2.31. The second-order valence-electron chi connectivity index (χ2n) is 4.29. The quantitative estimate of drug-likeness (QED) is 0.674. The fourth-order valence-corrected chi connectivity index (χ4v) is 1.57. The van der Waals surface area contributed by atoms with Crippen LogP contribution in [0.15, 0.2) is 18.2 Å². The van der Waals surface area contributed by atoms with E-state index in [1.807, 2.05) is 25.1 Å². The summed E-state index contributed by atoms with van der Waals surface area (Å²) in [4.78, 5) is 0. The average Bonchev–Trinajstić information content (AvgIpc) is 2.17. The molecule has 0 aromatic heterocycles. The topological polar surface area (TPSA) is 9.23 Å². The molecule has 0 bridgehead atoms. The Morgan fingerprint density at radius 2 is 2.07 bits per heavy atom. The zero-order valence-corrected chi connectivity index (χ0v) is 10.5. The second-order valence-corrected chi connectivity index (χ2v) is 4.73. The van der Waals surface area contributed by atoms with Crippen LogP contribution in [0.1, 0.15) is 32.3 Å². The van der Waals surface area contributed by atoms with E-state index in [9.17, 15) is 0 Å². The molecule has 1 rings (SSSR count). The molecule has 0 unspecified atom stereocenters. The zero-order chi connectivity index (χ0) is 11.3. The summed E-state index contributed by atoms with van der Waals surface area (Å²) in [5, 5.41) is 0.736. The molecule has 0 saturated heterocycles. The number of benzene rings is 1. The van der Waals surface area contributed by atoms with Gasteiger partial charge in [0, 0.05) is 5.02 Å². The predicted molar refractivity (Wildman–Crippen MR) is 65.8 cm³/mol. The van der Waals surface area contributed by atoms with Gasteiger partial charge in [0.15, 0.2) is 0 Å². The standard InChI is InChI=1S/C13H19ClO/c1-10(2)5-4-8-15-13-9-12(14)7-6-11(13)3/h6-7,9-10H,4-5,8H2,1-3H3. The largest absolute Gasteiger partial charge is 0.493 e. The summed E-state index contributed by atoms with van der Waals surface area (Å²) in [6, 6.07) is 5.75. The van der Waals surface area contributed by atoms with Gasteiger partial charge in [-0.05, 0) is 43.4 Å². The Kier molecular flexibility index (Phi) is 4.97. The summed E-state index contributed by atoms with van der Waals surface area (Å²) in [7, 11) is 0. The van der Waals surface area contributed by atoms with Gasteiger partial charge in [0.05, 0.1) is 6.61 Å². The summed E-state index contributed by atoms with van der Waals surface area (Å²) >= 11 is 5.90. The molecule has 0 aliphatic heterocycles. The molecular weight excluding hydrogens is 208 g/mol. The minimum Gasteiger partial charge on any atom is -0.493 e. The molecule has 1 aromatic rings. The number of rotatable bonds is 5. The molecule has 1 nitrogen and oxygen atoms in total. The lowest BCUT2D eigenvalue weighted by molar-refractivity contribution is 0.296. The van der Waals surface area contributed by atoms with Crippen LogP contribution in [-0.4, -0.2) is 6.61 Å². The Hall–Kier alpha value is -0.690. The first-order chi connectivity index (χ1) is 7.09. The van der Waals surface area contributed by atoms with Gasteiger partial charge in [-0.15, -0.1) is 0 Å². The maximum absolute atomic E-state index is 5.90. The summed E-state index contributed by atoms with van der Waals surface area (Å²) in [6.45, 7) is 7.27. The van der Waals surface area contributed by atoms with Gasteiger partial charge in [-0.1, -0.05) is 31.5 Å². The van der Waals surface area contributed by atoms with Gasteiger partial charge in [-0.25, -0.2) is 0 Å². The van der Waals surface area contributed by atoms with Crippen molar-refractivity contribution in [3.8, 4) is 5.75 Å². The fourth-order valence-electron chi connectivity index (χ4n) is 1.40. The summed E-state index contributed by atoms with van der Waals surface area (Å²) < 4.78 is 5.68. The van der Waals surface area contributed by atoms with Crippen LogP contribution in [0, 0.1) is 12.8 Å². The van der Waals surface area contributed by atoms with Crippen molar-refractivity contribution in [3.63, 3.8) is 0 Å². The Bertz CT molecular complexity index is 307. The van der Waals surface area contributed by atoms with E-state index in [0.29, 0.717) is 0 Å². The first-order valence-electron chi connectivity index (χ1n) is 5.48. The van der Waals surface area contributed by atoms with Crippen LogP contribution in [0.25, 0.3) is 0 Å². The minimum atomic E-state index is 0.736. The van der Waals surface area contributed by atoms with Crippen molar-refractivity contribution in [2.75, 3.05) is 6.61 Å². The molecule has 0 radical (unpaired) electrons. The molecule has 0 fully saturated rings. The van der Waals surface area contributed by atoms with Crippen LogP contribution < -0.4 is 4.74 Å². The zero-order valence-electron chi connectivity index (χ0n) is 9.72. The normalized spacial score (nSPS) is 10.7.